The Bertz CT molecular complexity index is 750. The van der Waals surface area contributed by atoms with Crippen molar-refractivity contribution in [3.63, 3.8) is 0 Å². The van der Waals surface area contributed by atoms with Crippen molar-refractivity contribution in [2.45, 2.75) is 6.42 Å². The number of hydrogen-bond donors (Lipinski definition) is 1. The minimum absolute atomic E-state index is 0.167. The molecule has 5 heteroatoms. The quantitative estimate of drug-likeness (QED) is 0.795. The highest BCUT2D eigenvalue weighted by Crippen LogP contribution is 2.17. The summed E-state index contributed by atoms with van der Waals surface area (Å²) < 4.78 is 17.9. The molecule has 0 unspecified atom stereocenters. The van der Waals surface area contributed by atoms with E-state index in [4.69, 9.17) is 4.42 Å². The Morgan fingerprint density at radius 3 is 2.80 bits per heavy atom. The van der Waals surface area contributed by atoms with Crippen LogP contribution in [0.5, 0.6) is 0 Å². The molecule has 4 nitrogen and oxygen atoms in total. The summed E-state index contributed by atoms with van der Waals surface area (Å²) in [4.78, 5) is 15.9. The summed E-state index contributed by atoms with van der Waals surface area (Å²) >= 11 is 0. The summed E-state index contributed by atoms with van der Waals surface area (Å²) in [7, 11) is 0. The fraction of sp³-hybridized carbons (Fsp3) is 0.0667. The molecule has 1 N–H and O–H groups in total. The summed E-state index contributed by atoms with van der Waals surface area (Å²) in [5, 5.41) is 2.77. The molecule has 0 aliphatic heterocycles. The maximum atomic E-state index is 12.8. The maximum absolute atomic E-state index is 12.8. The lowest BCUT2D eigenvalue weighted by Crippen LogP contribution is -2.14. The van der Waals surface area contributed by atoms with Crippen LogP contribution in [0.25, 0.3) is 11.1 Å². The van der Waals surface area contributed by atoms with E-state index in [1.165, 1.54) is 18.5 Å². The molecule has 0 spiro atoms. The second-order valence-electron chi connectivity index (χ2n) is 4.39. The molecule has 0 aliphatic rings. The van der Waals surface area contributed by atoms with E-state index >= 15 is 0 Å². The molecule has 3 rings (SSSR count). The lowest BCUT2D eigenvalue weighted by atomic mass is 10.1. The van der Waals surface area contributed by atoms with Crippen molar-refractivity contribution in [1.29, 1.82) is 0 Å². The number of oxazole rings is 1. The van der Waals surface area contributed by atoms with E-state index in [9.17, 15) is 9.18 Å². The molecule has 1 amide bonds. The van der Waals surface area contributed by atoms with E-state index in [1.54, 1.807) is 30.3 Å². The molecule has 100 valence electrons. The minimum Gasteiger partial charge on any atom is -0.443 e. The van der Waals surface area contributed by atoms with Crippen molar-refractivity contribution in [2.75, 3.05) is 5.32 Å². The maximum Gasteiger partial charge on any atom is 0.228 e. The van der Waals surface area contributed by atoms with Crippen LogP contribution in [0.3, 0.4) is 0 Å². The third-order valence-electron chi connectivity index (χ3n) is 2.89. The first-order chi connectivity index (χ1) is 9.70. The molecule has 0 saturated carbocycles. The number of hydrogen-bond acceptors (Lipinski definition) is 3. The van der Waals surface area contributed by atoms with Crippen LogP contribution < -0.4 is 5.32 Å². The van der Waals surface area contributed by atoms with Gasteiger partial charge < -0.3 is 9.73 Å². The van der Waals surface area contributed by atoms with Gasteiger partial charge in [-0.25, -0.2) is 9.37 Å². The van der Waals surface area contributed by atoms with Crippen LogP contribution in [-0.4, -0.2) is 10.9 Å². The summed E-state index contributed by atoms with van der Waals surface area (Å²) in [6.07, 6.45) is 1.55. The first-order valence-electron chi connectivity index (χ1n) is 6.08. The fourth-order valence-corrected chi connectivity index (χ4v) is 1.93. The van der Waals surface area contributed by atoms with Crippen LogP contribution in [0.2, 0.25) is 0 Å². The summed E-state index contributed by atoms with van der Waals surface area (Å²) in [6, 6.07) is 11.1. The van der Waals surface area contributed by atoms with Crippen LogP contribution in [0.15, 0.2) is 53.3 Å². The smallest absolute Gasteiger partial charge is 0.228 e. The standard InChI is InChI=1S/C15H11FN2O2/c16-11-3-1-10(2-4-11)7-15(19)18-12-5-6-14-13(8-12)17-9-20-14/h1-6,8-9H,7H2,(H,18,19). The lowest BCUT2D eigenvalue weighted by molar-refractivity contribution is -0.115. The Balaban J connectivity index is 1.70. The molecule has 1 heterocycles. The highest BCUT2D eigenvalue weighted by atomic mass is 19.1. The van der Waals surface area contributed by atoms with Gasteiger partial charge in [-0.05, 0) is 35.9 Å². The number of nitrogens with zero attached hydrogens (tertiary/aromatic N) is 1. The number of fused-ring (bicyclic) bond motifs is 1. The molecule has 0 saturated heterocycles. The molecule has 0 atom stereocenters. The number of halogens is 1. The number of anilines is 1. The van der Waals surface area contributed by atoms with E-state index in [2.05, 4.69) is 10.3 Å². The van der Waals surface area contributed by atoms with E-state index in [1.807, 2.05) is 0 Å². The average molecular weight is 270 g/mol. The molecule has 1 aromatic heterocycles. The SMILES string of the molecule is O=C(Cc1ccc(F)cc1)Nc1ccc2ocnc2c1. The van der Waals surface area contributed by atoms with Crippen molar-refractivity contribution in [1.82, 2.24) is 4.98 Å². The Hall–Kier alpha value is -2.69. The molecule has 20 heavy (non-hydrogen) atoms. The topological polar surface area (TPSA) is 55.1 Å². The van der Waals surface area contributed by atoms with Gasteiger partial charge in [-0.1, -0.05) is 12.1 Å². The van der Waals surface area contributed by atoms with Crippen molar-refractivity contribution < 1.29 is 13.6 Å². The van der Waals surface area contributed by atoms with Crippen molar-refractivity contribution in [3.8, 4) is 0 Å². The van der Waals surface area contributed by atoms with Crippen LogP contribution in [0.4, 0.5) is 10.1 Å². The van der Waals surface area contributed by atoms with Gasteiger partial charge in [0.1, 0.15) is 11.3 Å². The number of benzene rings is 2. The van der Waals surface area contributed by atoms with Gasteiger partial charge in [-0.15, -0.1) is 0 Å². The van der Waals surface area contributed by atoms with E-state index < -0.39 is 0 Å². The third kappa shape index (κ3) is 2.66. The second-order valence-corrected chi connectivity index (χ2v) is 4.39. The van der Waals surface area contributed by atoms with Gasteiger partial charge in [0.25, 0.3) is 0 Å². The zero-order valence-electron chi connectivity index (χ0n) is 10.5. The number of carbonyl (C=O) groups is 1. The summed E-state index contributed by atoms with van der Waals surface area (Å²) in [5.41, 5.74) is 2.76. The number of amides is 1. The average Bonchev–Trinajstić information content (AvgIpc) is 2.89. The molecule has 0 radical (unpaired) electrons. The molecule has 3 aromatic rings. The van der Waals surface area contributed by atoms with E-state index in [0.717, 1.165) is 5.56 Å². The first-order valence-corrected chi connectivity index (χ1v) is 6.08. The predicted octanol–water partition coefficient (Wildman–Crippen LogP) is 3.15. The lowest BCUT2D eigenvalue weighted by Gasteiger charge is -2.05. The Kier molecular flexibility index (Phi) is 3.16. The predicted molar refractivity (Wildman–Crippen MR) is 72.7 cm³/mol. The van der Waals surface area contributed by atoms with Crippen LogP contribution in [0, 0.1) is 5.82 Å². The zero-order valence-corrected chi connectivity index (χ0v) is 10.5. The largest absolute Gasteiger partial charge is 0.443 e. The van der Waals surface area contributed by atoms with Crippen molar-refractivity contribution in [2.24, 2.45) is 0 Å². The highest BCUT2D eigenvalue weighted by Gasteiger charge is 2.06. The normalized spacial score (nSPS) is 10.7. The summed E-state index contributed by atoms with van der Waals surface area (Å²) in [5.74, 6) is -0.481. The van der Waals surface area contributed by atoms with Gasteiger partial charge in [0.05, 0.1) is 6.42 Å². The van der Waals surface area contributed by atoms with Gasteiger partial charge in [0, 0.05) is 5.69 Å². The third-order valence-corrected chi connectivity index (χ3v) is 2.89. The van der Waals surface area contributed by atoms with Gasteiger partial charge in [0.2, 0.25) is 5.91 Å². The van der Waals surface area contributed by atoms with E-state index in [-0.39, 0.29) is 18.1 Å². The van der Waals surface area contributed by atoms with Crippen LogP contribution >= 0.6 is 0 Å². The first kappa shape index (κ1) is 12.3. The number of rotatable bonds is 3. The van der Waals surface area contributed by atoms with Crippen molar-refractivity contribution in [3.05, 3.63) is 60.2 Å². The zero-order chi connectivity index (χ0) is 13.9. The number of aromatic nitrogens is 1. The monoisotopic (exact) mass is 270 g/mol. The molecule has 0 bridgehead atoms. The Morgan fingerprint density at radius 2 is 2.00 bits per heavy atom. The van der Waals surface area contributed by atoms with Gasteiger partial charge in [-0.2, -0.15) is 0 Å². The summed E-state index contributed by atoms with van der Waals surface area (Å²) in [6.45, 7) is 0. The highest BCUT2D eigenvalue weighted by molar-refractivity contribution is 5.94. The van der Waals surface area contributed by atoms with Gasteiger partial charge >= 0.3 is 0 Å². The second kappa shape index (κ2) is 5.13. The van der Waals surface area contributed by atoms with E-state index in [0.29, 0.717) is 16.8 Å². The van der Waals surface area contributed by atoms with Crippen molar-refractivity contribution >= 4 is 22.7 Å². The molecule has 0 aliphatic carbocycles. The molecule has 0 fully saturated rings. The number of carbonyl (C=O) groups excluding carboxylic acids is 1. The van der Waals surface area contributed by atoms with Gasteiger partial charge in [0.15, 0.2) is 12.0 Å². The fourth-order valence-electron chi connectivity index (χ4n) is 1.93. The molecule has 2 aromatic carbocycles. The van der Waals surface area contributed by atoms with Crippen LogP contribution in [-0.2, 0) is 11.2 Å². The Morgan fingerprint density at radius 1 is 1.20 bits per heavy atom. The molecular formula is C15H11FN2O2. The molecular weight excluding hydrogens is 259 g/mol. The van der Waals surface area contributed by atoms with Crippen LogP contribution in [0.1, 0.15) is 5.56 Å². The number of nitrogens with one attached hydrogen (secondary N) is 1. The van der Waals surface area contributed by atoms with Gasteiger partial charge in [-0.3, -0.25) is 4.79 Å². The Labute approximate surface area is 114 Å². The minimum atomic E-state index is -0.314.